The first-order valence-electron chi connectivity index (χ1n) is 9.86. The molecule has 7 heteroatoms. The van der Waals surface area contributed by atoms with Gasteiger partial charge in [0.2, 0.25) is 0 Å². The van der Waals surface area contributed by atoms with Crippen LogP contribution in [0.25, 0.3) is 6.08 Å². The van der Waals surface area contributed by atoms with Crippen LogP contribution in [-0.2, 0) is 4.79 Å². The molecule has 0 aliphatic carbocycles. The molecule has 3 rings (SSSR count). The molecule has 6 nitrogen and oxygen atoms in total. The number of nitrogens with one attached hydrogen (secondary N) is 1. The molecule has 3 aromatic rings. The van der Waals surface area contributed by atoms with Crippen molar-refractivity contribution in [1.29, 1.82) is 0 Å². The molecule has 0 radical (unpaired) electrons. The van der Waals surface area contributed by atoms with Gasteiger partial charge in [-0.1, -0.05) is 41.9 Å². The van der Waals surface area contributed by atoms with Gasteiger partial charge in [0, 0.05) is 16.7 Å². The van der Waals surface area contributed by atoms with Gasteiger partial charge >= 0.3 is 5.97 Å². The maximum atomic E-state index is 12.2. The van der Waals surface area contributed by atoms with Crippen molar-refractivity contribution < 1.29 is 19.1 Å². The van der Waals surface area contributed by atoms with Crippen LogP contribution in [0.4, 0.5) is 0 Å². The standard InChI is InChI=1S/C25H21ClN2O4/c1-2-31-23-16-19(17-27-28-25(30)20-10-12-21(26)13-11-20)8-14-22(23)32-24(29)15-9-18-6-4-3-5-7-18/h3-17H,2H2,1H3,(H,28,30)/b15-9+,27-17+. The molecule has 0 fully saturated rings. The lowest BCUT2D eigenvalue weighted by atomic mass is 10.2. The van der Waals surface area contributed by atoms with E-state index in [1.807, 2.05) is 37.3 Å². The Morgan fingerprint density at radius 1 is 0.969 bits per heavy atom. The summed E-state index contributed by atoms with van der Waals surface area (Å²) >= 11 is 5.82. The zero-order valence-electron chi connectivity index (χ0n) is 17.3. The Labute approximate surface area is 191 Å². The Morgan fingerprint density at radius 2 is 1.72 bits per heavy atom. The number of esters is 1. The number of halogens is 1. The summed E-state index contributed by atoms with van der Waals surface area (Å²) in [6.45, 7) is 2.21. The minimum Gasteiger partial charge on any atom is -0.490 e. The molecule has 0 saturated carbocycles. The maximum absolute atomic E-state index is 12.2. The van der Waals surface area contributed by atoms with E-state index >= 15 is 0 Å². The van der Waals surface area contributed by atoms with Crippen molar-refractivity contribution in [2.24, 2.45) is 5.10 Å². The van der Waals surface area contributed by atoms with Crippen molar-refractivity contribution >= 4 is 35.8 Å². The van der Waals surface area contributed by atoms with E-state index in [0.717, 1.165) is 5.56 Å². The fraction of sp³-hybridized carbons (Fsp3) is 0.0800. The number of ether oxygens (including phenoxy) is 2. The largest absolute Gasteiger partial charge is 0.490 e. The minimum atomic E-state index is -0.522. The molecule has 162 valence electrons. The van der Waals surface area contributed by atoms with E-state index in [9.17, 15) is 9.59 Å². The highest BCUT2D eigenvalue weighted by atomic mass is 35.5. The summed E-state index contributed by atoms with van der Waals surface area (Å²) in [6, 6.07) is 20.9. The van der Waals surface area contributed by atoms with Crippen LogP contribution in [0.15, 0.2) is 84.0 Å². The van der Waals surface area contributed by atoms with E-state index in [1.54, 1.807) is 48.5 Å². The molecular formula is C25H21ClN2O4. The monoisotopic (exact) mass is 448 g/mol. The van der Waals surface area contributed by atoms with Crippen molar-refractivity contribution in [2.75, 3.05) is 6.61 Å². The van der Waals surface area contributed by atoms with Crippen LogP contribution in [0.5, 0.6) is 11.5 Å². The topological polar surface area (TPSA) is 77.0 Å². The van der Waals surface area contributed by atoms with Gasteiger partial charge in [-0.15, -0.1) is 0 Å². The lowest BCUT2D eigenvalue weighted by Crippen LogP contribution is -2.17. The van der Waals surface area contributed by atoms with Crippen LogP contribution < -0.4 is 14.9 Å². The van der Waals surface area contributed by atoms with Gasteiger partial charge in [0.25, 0.3) is 5.91 Å². The van der Waals surface area contributed by atoms with Gasteiger partial charge in [-0.25, -0.2) is 10.2 Å². The SMILES string of the molecule is CCOc1cc(/C=N/NC(=O)c2ccc(Cl)cc2)ccc1OC(=O)/C=C/c1ccccc1. The lowest BCUT2D eigenvalue weighted by Gasteiger charge is -2.10. The van der Waals surface area contributed by atoms with Crippen molar-refractivity contribution in [3.8, 4) is 11.5 Å². The zero-order chi connectivity index (χ0) is 22.8. The van der Waals surface area contributed by atoms with Crippen LogP contribution >= 0.6 is 11.6 Å². The number of carbonyl (C=O) groups is 2. The summed E-state index contributed by atoms with van der Waals surface area (Å²) in [5, 5.41) is 4.51. The van der Waals surface area contributed by atoms with Crippen LogP contribution in [0.1, 0.15) is 28.4 Å². The summed E-state index contributed by atoms with van der Waals surface area (Å²) < 4.78 is 11.0. The Balaban J connectivity index is 1.65. The van der Waals surface area contributed by atoms with Crippen molar-refractivity contribution in [2.45, 2.75) is 6.92 Å². The minimum absolute atomic E-state index is 0.289. The second-order valence-electron chi connectivity index (χ2n) is 6.51. The Bertz CT molecular complexity index is 1130. The van der Waals surface area contributed by atoms with Crippen LogP contribution in [0, 0.1) is 0 Å². The summed E-state index contributed by atoms with van der Waals surface area (Å²) in [5.41, 5.74) is 4.43. The molecule has 0 aliphatic rings. The Kier molecular flexibility index (Phi) is 8.17. The third-order valence-corrected chi connectivity index (χ3v) is 4.43. The molecule has 0 saturated heterocycles. The van der Waals surface area contributed by atoms with Gasteiger partial charge in [0.05, 0.1) is 12.8 Å². The fourth-order valence-corrected chi connectivity index (χ4v) is 2.79. The quantitative estimate of drug-likeness (QED) is 0.170. The number of nitrogens with zero attached hydrogens (tertiary/aromatic N) is 1. The molecule has 0 spiro atoms. The fourth-order valence-electron chi connectivity index (χ4n) is 2.66. The molecule has 0 atom stereocenters. The molecule has 1 amide bonds. The smallest absolute Gasteiger partial charge is 0.336 e. The highest BCUT2D eigenvalue weighted by Gasteiger charge is 2.10. The van der Waals surface area contributed by atoms with Gasteiger partial charge in [-0.05, 0) is 66.6 Å². The Hall–Kier alpha value is -3.90. The van der Waals surface area contributed by atoms with Crippen LogP contribution in [0.3, 0.4) is 0 Å². The molecule has 0 heterocycles. The Morgan fingerprint density at radius 3 is 2.44 bits per heavy atom. The van der Waals surface area contributed by atoms with Crippen molar-refractivity contribution in [1.82, 2.24) is 5.43 Å². The van der Waals surface area contributed by atoms with E-state index in [0.29, 0.717) is 28.5 Å². The second kappa shape index (κ2) is 11.5. The lowest BCUT2D eigenvalue weighted by molar-refractivity contribution is -0.129. The highest BCUT2D eigenvalue weighted by Crippen LogP contribution is 2.28. The van der Waals surface area contributed by atoms with Gasteiger partial charge in [0.1, 0.15) is 0 Å². The van der Waals surface area contributed by atoms with Crippen molar-refractivity contribution in [3.05, 3.63) is 101 Å². The first-order chi connectivity index (χ1) is 15.5. The summed E-state index contributed by atoms with van der Waals surface area (Å²) in [7, 11) is 0. The van der Waals surface area contributed by atoms with Gasteiger partial charge in [-0.3, -0.25) is 4.79 Å². The zero-order valence-corrected chi connectivity index (χ0v) is 18.1. The molecule has 0 bridgehead atoms. The number of hydrogen-bond donors (Lipinski definition) is 1. The predicted molar refractivity (Wildman–Crippen MR) is 125 cm³/mol. The van der Waals surface area contributed by atoms with Crippen LogP contribution in [0.2, 0.25) is 5.02 Å². The van der Waals surface area contributed by atoms with E-state index in [-0.39, 0.29) is 11.7 Å². The highest BCUT2D eigenvalue weighted by molar-refractivity contribution is 6.30. The molecule has 3 aromatic carbocycles. The van der Waals surface area contributed by atoms with Gasteiger partial charge in [-0.2, -0.15) is 5.10 Å². The summed E-state index contributed by atoms with van der Waals surface area (Å²) in [4.78, 5) is 24.3. The number of carbonyl (C=O) groups excluding carboxylic acids is 2. The van der Waals surface area contributed by atoms with E-state index in [1.165, 1.54) is 12.3 Å². The first-order valence-corrected chi connectivity index (χ1v) is 10.2. The molecule has 0 aromatic heterocycles. The molecule has 1 N–H and O–H groups in total. The van der Waals surface area contributed by atoms with Gasteiger partial charge < -0.3 is 9.47 Å². The third kappa shape index (κ3) is 6.82. The number of rotatable bonds is 8. The van der Waals surface area contributed by atoms with E-state index in [2.05, 4.69) is 10.5 Å². The number of amides is 1. The average Bonchev–Trinajstić information content (AvgIpc) is 2.80. The first kappa shape index (κ1) is 22.8. The predicted octanol–water partition coefficient (Wildman–Crippen LogP) is 5.12. The molecular weight excluding hydrogens is 428 g/mol. The molecule has 0 unspecified atom stereocenters. The van der Waals surface area contributed by atoms with Crippen LogP contribution in [-0.4, -0.2) is 24.7 Å². The second-order valence-corrected chi connectivity index (χ2v) is 6.95. The molecule has 0 aliphatic heterocycles. The van der Waals surface area contributed by atoms with E-state index in [4.69, 9.17) is 21.1 Å². The molecule has 32 heavy (non-hydrogen) atoms. The van der Waals surface area contributed by atoms with Crippen molar-refractivity contribution in [3.63, 3.8) is 0 Å². The maximum Gasteiger partial charge on any atom is 0.336 e. The third-order valence-electron chi connectivity index (χ3n) is 4.18. The summed E-state index contributed by atoms with van der Waals surface area (Å²) in [6.07, 6.45) is 4.50. The van der Waals surface area contributed by atoms with E-state index < -0.39 is 5.97 Å². The number of hydrazone groups is 1. The van der Waals surface area contributed by atoms with Gasteiger partial charge in [0.15, 0.2) is 11.5 Å². The summed E-state index contributed by atoms with van der Waals surface area (Å²) in [5.74, 6) is -0.205. The average molecular weight is 449 g/mol. The number of benzene rings is 3. The number of hydrogen-bond acceptors (Lipinski definition) is 5. The normalized spacial score (nSPS) is 10.9.